The maximum absolute atomic E-state index is 8.32. The van der Waals surface area contributed by atoms with Gasteiger partial charge in [-0.25, -0.2) is 4.98 Å². The highest BCUT2D eigenvalue weighted by atomic mass is 16.6. The van der Waals surface area contributed by atoms with E-state index in [1.165, 1.54) is 12.3 Å². The second-order valence-corrected chi connectivity index (χ2v) is 1.61. The van der Waals surface area contributed by atoms with Gasteiger partial charge < -0.3 is 4.84 Å². The lowest BCUT2D eigenvalue weighted by Crippen LogP contribution is -2.01. The fourth-order valence-corrected chi connectivity index (χ4v) is 0.516. The van der Waals surface area contributed by atoms with Crippen molar-refractivity contribution in [1.29, 1.82) is 5.26 Å². The van der Waals surface area contributed by atoms with E-state index in [-0.39, 0.29) is 0 Å². The molecule has 0 aliphatic rings. The third-order valence-electron chi connectivity index (χ3n) is 0.987. The van der Waals surface area contributed by atoms with Gasteiger partial charge in [-0.05, 0) is 12.1 Å². The van der Waals surface area contributed by atoms with Crippen LogP contribution in [0.25, 0.3) is 0 Å². The fourth-order valence-electron chi connectivity index (χ4n) is 0.516. The molecule has 0 atom stereocenters. The van der Waals surface area contributed by atoms with E-state index < -0.39 is 0 Å². The zero-order valence-electron chi connectivity index (χ0n) is 5.11. The fraction of sp³-hybridized carbons (Fsp3) is 0. The molecule has 0 saturated carbocycles. The van der Waals surface area contributed by atoms with Crippen LogP contribution in [0.1, 0.15) is 5.69 Å². The highest BCUT2D eigenvalue weighted by Crippen LogP contribution is 2.05. The van der Waals surface area contributed by atoms with Gasteiger partial charge in [0, 0.05) is 0 Å². The van der Waals surface area contributed by atoms with E-state index in [4.69, 9.17) is 11.2 Å². The Balaban J connectivity index is 2.93. The molecule has 0 aliphatic carbocycles. The summed E-state index contributed by atoms with van der Waals surface area (Å²) in [6, 6.07) is 4.98. The second kappa shape index (κ2) is 2.80. The molecule has 10 heavy (non-hydrogen) atoms. The molecule has 1 rings (SSSR count). The molecular formula is C6H5N3O. The van der Waals surface area contributed by atoms with Crippen molar-refractivity contribution >= 4 is 0 Å². The lowest BCUT2D eigenvalue weighted by atomic mass is 10.4. The molecular weight excluding hydrogens is 130 g/mol. The maximum Gasteiger partial charge on any atom is 0.165 e. The quantitative estimate of drug-likeness (QED) is 0.558. The smallest absolute Gasteiger partial charge is 0.165 e. The Bertz CT molecular complexity index is 249. The van der Waals surface area contributed by atoms with Gasteiger partial charge in [0.1, 0.15) is 11.8 Å². The van der Waals surface area contributed by atoms with Crippen molar-refractivity contribution in [2.24, 2.45) is 5.90 Å². The first kappa shape index (κ1) is 6.52. The summed E-state index contributed by atoms with van der Waals surface area (Å²) in [5, 5.41) is 8.32. The predicted octanol–water partition coefficient (Wildman–Crippen LogP) is 0.206. The SMILES string of the molecule is N#Cc1ccc(ON)cn1. The average Bonchev–Trinajstić information content (AvgIpc) is 2.05. The topological polar surface area (TPSA) is 71.9 Å². The summed E-state index contributed by atoms with van der Waals surface area (Å²) in [7, 11) is 0. The predicted molar refractivity (Wildman–Crippen MR) is 33.8 cm³/mol. The summed E-state index contributed by atoms with van der Waals surface area (Å²) in [6.07, 6.45) is 1.39. The third kappa shape index (κ3) is 1.21. The zero-order chi connectivity index (χ0) is 7.40. The first-order chi connectivity index (χ1) is 4.86. The summed E-state index contributed by atoms with van der Waals surface area (Å²) in [5.41, 5.74) is 0.348. The summed E-state index contributed by atoms with van der Waals surface area (Å²) >= 11 is 0. The molecule has 1 aromatic rings. The number of nitrogens with two attached hydrogens (primary N) is 1. The van der Waals surface area contributed by atoms with Gasteiger partial charge in [-0.15, -0.1) is 0 Å². The Labute approximate surface area is 57.8 Å². The first-order valence-electron chi connectivity index (χ1n) is 2.59. The number of nitriles is 1. The second-order valence-electron chi connectivity index (χ2n) is 1.61. The molecule has 2 N–H and O–H groups in total. The van der Waals surface area contributed by atoms with Crippen molar-refractivity contribution < 1.29 is 4.84 Å². The Morgan fingerprint density at radius 3 is 2.80 bits per heavy atom. The molecule has 0 amide bonds. The molecule has 1 heterocycles. The number of nitrogens with zero attached hydrogens (tertiary/aromatic N) is 2. The van der Waals surface area contributed by atoms with Crippen LogP contribution < -0.4 is 10.7 Å². The van der Waals surface area contributed by atoms with Crippen LogP contribution in [0.5, 0.6) is 5.75 Å². The van der Waals surface area contributed by atoms with Crippen LogP contribution >= 0.6 is 0 Å². The van der Waals surface area contributed by atoms with Crippen LogP contribution in [0.2, 0.25) is 0 Å². The number of hydrogen-bond donors (Lipinski definition) is 1. The van der Waals surface area contributed by atoms with E-state index in [1.54, 1.807) is 6.07 Å². The van der Waals surface area contributed by atoms with Gasteiger partial charge >= 0.3 is 0 Å². The Morgan fingerprint density at radius 2 is 2.40 bits per heavy atom. The molecule has 4 heteroatoms. The van der Waals surface area contributed by atoms with Crippen LogP contribution in [0.15, 0.2) is 18.3 Å². The van der Waals surface area contributed by atoms with Crippen LogP contribution in [0, 0.1) is 11.3 Å². The monoisotopic (exact) mass is 135 g/mol. The first-order valence-corrected chi connectivity index (χ1v) is 2.59. The van der Waals surface area contributed by atoms with E-state index in [1.807, 2.05) is 6.07 Å². The zero-order valence-corrected chi connectivity index (χ0v) is 5.11. The van der Waals surface area contributed by atoms with Crippen LogP contribution in [0.3, 0.4) is 0 Å². The Morgan fingerprint density at radius 1 is 1.60 bits per heavy atom. The van der Waals surface area contributed by atoms with Crippen molar-refractivity contribution in [3.63, 3.8) is 0 Å². The number of aromatic nitrogens is 1. The molecule has 0 bridgehead atoms. The highest BCUT2D eigenvalue weighted by molar-refractivity contribution is 5.26. The van der Waals surface area contributed by atoms with Crippen molar-refractivity contribution in [3.05, 3.63) is 24.0 Å². The molecule has 0 aromatic carbocycles. The molecule has 4 nitrogen and oxygen atoms in total. The van der Waals surface area contributed by atoms with Gasteiger partial charge in [-0.2, -0.15) is 11.2 Å². The molecule has 0 unspecified atom stereocenters. The molecule has 0 fully saturated rings. The lowest BCUT2D eigenvalue weighted by molar-refractivity contribution is 0.333. The molecule has 0 saturated heterocycles. The molecule has 50 valence electrons. The van der Waals surface area contributed by atoms with Crippen LogP contribution in [0.4, 0.5) is 0 Å². The minimum Gasteiger partial charge on any atom is -0.410 e. The van der Waals surface area contributed by atoms with Gasteiger partial charge in [0.05, 0.1) is 6.20 Å². The average molecular weight is 135 g/mol. The van der Waals surface area contributed by atoms with Gasteiger partial charge in [-0.3, -0.25) is 0 Å². The van der Waals surface area contributed by atoms with E-state index in [9.17, 15) is 0 Å². The third-order valence-corrected chi connectivity index (χ3v) is 0.987. The molecule has 1 aromatic heterocycles. The van der Waals surface area contributed by atoms with Crippen molar-refractivity contribution in [1.82, 2.24) is 4.98 Å². The van der Waals surface area contributed by atoms with E-state index >= 15 is 0 Å². The molecule has 0 spiro atoms. The highest BCUT2D eigenvalue weighted by Gasteiger charge is 1.91. The van der Waals surface area contributed by atoms with E-state index in [0.717, 1.165) is 0 Å². The summed E-state index contributed by atoms with van der Waals surface area (Å²) < 4.78 is 0. The minimum absolute atomic E-state index is 0.348. The number of rotatable bonds is 1. The Kier molecular flexibility index (Phi) is 1.83. The van der Waals surface area contributed by atoms with Gasteiger partial charge in [-0.1, -0.05) is 0 Å². The Hall–Kier alpha value is -1.60. The van der Waals surface area contributed by atoms with E-state index in [2.05, 4.69) is 9.82 Å². The summed E-state index contributed by atoms with van der Waals surface area (Å²) in [6.45, 7) is 0. The number of hydrogen-bond acceptors (Lipinski definition) is 4. The van der Waals surface area contributed by atoms with Gasteiger partial charge in [0.2, 0.25) is 0 Å². The van der Waals surface area contributed by atoms with Gasteiger partial charge in [0.15, 0.2) is 5.75 Å². The maximum atomic E-state index is 8.32. The minimum atomic E-state index is 0.348. The summed E-state index contributed by atoms with van der Waals surface area (Å²) in [4.78, 5) is 8.04. The molecule has 0 aliphatic heterocycles. The van der Waals surface area contributed by atoms with Crippen LogP contribution in [-0.4, -0.2) is 4.98 Å². The van der Waals surface area contributed by atoms with Crippen molar-refractivity contribution in [2.45, 2.75) is 0 Å². The normalized spacial score (nSPS) is 8.40. The summed E-state index contributed by atoms with van der Waals surface area (Å²) in [5.74, 6) is 5.26. The number of pyridine rings is 1. The van der Waals surface area contributed by atoms with Crippen molar-refractivity contribution in [3.8, 4) is 11.8 Å². The van der Waals surface area contributed by atoms with E-state index in [0.29, 0.717) is 11.4 Å². The standard InChI is InChI=1S/C6H5N3O/c7-3-5-1-2-6(10-8)4-9-5/h1-2,4H,8H2. The van der Waals surface area contributed by atoms with Crippen molar-refractivity contribution in [2.75, 3.05) is 0 Å². The lowest BCUT2D eigenvalue weighted by Gasteiger charge is -1.94. The largest absolute Gasteiger partial charge is 0.410 e. The molecule has 0 radical (unpaired) electrons. The van der Waals surface area contributed by atoms with Crippen LogP contribution in [-0.2, 0) is 0 Å². The van der Waals surface area contributed by atoms with Gasteiger partial charge in [0.25, 0.3) is 0 Å².